The van der Waals surface area contributed by atoms with Crippen LogP contribution in [-0.2, 0) is 0 Å². The summed E-state index contributed by atoms with van der Waals surface area (Å²) in [5, 5.41) is 3.66. The van der Waals surface area contributed by atoms with Crippen molar-refractivity contribution in [1.82, 2.24) is 10.2 Å². The predicted octanol–water partition coefficient (Wildman–Crippen LogP) is 2.42. The molecule has 16 heavy (non-hydrogen) atoms. The fourth-order valence-electron chi connectivity index (χ4n) is 2.49. The van der Waals surface area contributed by atoms with E-state index in [-0.39, 0.29) is 0 Å². The highest BCUT2D eigenvalue weighted by Gasteiger charge is 2.27. The maximum absolute atomic E-state index is 3.66. The summed E-state index contributed by atoms with van der Waals surface area (Å²) in [5.41, 5.74) is 1.94. The third-order valence-electron chi connectivity index (χ3n) is 3.51. The monoisotopic (exact) mass is 222 g/mol. The lowest BCUT2D eigenvalue weighted by Gasteiger charge is -2.34. The van der Waals surface area contributed by atoms with Crippen molar-refractivity contribution in [3.05, 3.63) is 11.6 Å². The van der Waals surface area contributed by atoms with Crippen LogP contribution < -0.4 is 5.32 Å². The highest BCUT2D eigenvalue weighted by Crippen LogP contribution is 2.23. The van der Waals surface area contributed by atoms with E-state index in [1.54, 1.807) is 0 Å². The van der Waals surface area contributed by atoms with Crippen molar-refractivity contribution in [1.29, 1.82) is 0 Å². The lowest BCUT2D eigenvalue weighted by atomic mass is 9.91. The quantitative estimate of drug-likeness (QED) is 0.719. The van der Waals surface area contributed by atoms with E-state index in [0.717, 1.165) is 12.6 Å². The van der Waals surface area contributed by atoms with E-state index in [1.807, 2.05) is 0 Å². The van der Waals surface area contributed by atoms with Gasteiger partial charge in [-0.15, -0.1) is 0 Å². The maximum atomic E-state index is 3.66. The SMILES string of the molecule is CC1=CCCN(CC(C)(C)CNC2CC2)C1. The summed E-state index contributed by atoms with van der Waals surface area (Å²) in [6, 6.07) is 0.835. The summed E-state index contributed by atoms with van der Waals surface area (Å²) in [7, 11) is 0. The van der Waals surface area contributed by atoms with Crippen LogP contribution in [0.2, 0.25) is 0 Å². The van der Waals surface area contributed by atoms with Gasteiger partial charge in [-0.1, -0.05) is 25.5 Å². The predicted molar refractivity (Wildman–Crippen MR) is 69.6 cm³/mol. The molecule has 2 heteroatoms. The highest BCUT2D eigenvalue weighted by atomic mass is 15.1. The van der Waals surface area contributed by atoms with Crippen LogP contribution in [-0.4, -0.2) is 37.1 Å². The molecule has 0 aromatic rings. The summed E-state index contributed by atoms with van der Waals surface area (Å²) in [6.07, 6.45) is 6.40. The van der Waals surface area contributed by atoms with Gasteiger partial charge in [0.05, 0.1) is 0 Å². The van der Waals surface area contributed by atoms with E-state index in [1.165, 1.54) is 44.5 Å². The van der Waals surface area contributed by atoms with Gasteiger partial charge in [-0.25, -0.2) is 0 Å². The first kappa shape index (κ1) is 12.1. The second kappa shape index (κ2) is 4.89. The van der Waals surface area contributed by atoms with Gasteiger partial charge in [-0.3, -0.25) is 4.90 Å². The molecule has 1 aliphatic heterocycles. The van der Waals surface area contributed by atoms with Crippen LogP contribution in [0.15, 0.2) is 11.6 Å². The number of nitrogens with one attached hydrogen (secondary N) is 1. The van der Waals surface area contributed by atoms with E-state index < -0.39 is 0 Å². The minimum absolute atomic E-state index is 0.403. The Hall–Kier alpha value is -0.340. The molecule has 1 saturated carbocycles. The Morgan fingerprint density at radius 3 is 2.81 bits per heavy atom. The number of hydrogen-bond acceptors (Lipinski definition) is 2. The van der Waals surface area contributed by atoms with Crippen LogP contribution in [0, 0.1) is 5.41 Å². The summed E-state index contributed by atoms with van der Waals surface area (Å²) in [6.45, 7) is 11.8. The van der Waals surface area contributed by atoms with Crippen LogP contribution in [0.25, 0.3) is 0 Å². The zero-order valence-electron chi connectivity index (χ0n) is 11.1. The zero-order chi connectivity index (χ0) is 11.6. The standard InChI is InChI=1S/C14H26N2/c1-12-5-4-8-16(9-12)11-14(2,3)10-15-13-6-7-13/h5,13,15H,4,6-11H2,1-3H3. The Kier molecular flexibility index (Phi) is 3.70. The Bertz CT molecular complexity index is 264. The average Bonchev–Trinajstić information content (AvgIpc) is 2.97. The molecule has 0 bridgehead atoms. The minimum Gasteiger partial charge on any atom is -0.313 e. The van der Waals surface area contributed by atoms with E-state index >= 15 is 0 Å². The molecule has 0 aromatic carbocycles. The number of rotatable bonds is 5. The van der Waals surface area contributed by atoms with Crippen molar-refractivity contribution in [2.45, 2.75) is 46.1 Å². The lowest BCUT2D eigenvalue weighted by molar-refractivity contribution is 0.182. The third kappa shape index (κ3) is 3.91. The van der Waals surface area contributed by atoms with Crippen LogP contribution in [0.3, 0.4) is 0 Å². The van der Waals surface area contributed by atoms with Crippen LogP contribution in [0.5, 0.6) is 0 Å². The first-order valence-corrected chi connectivity index (χ1v) is 6.66. The van der Waals surface area contributed by atoms with Crippen molar-refractivity contribution in [2.24, 2.45) is 5.41 Å². The summed E-state index contributed by atoms with van der Waals surface area (Å²) < 4.78 is 0. The molecule has 2 rings (SSSR count). The largest absolute Gasteiger partial charge is 0.313 e. The fourth-order valence-corrected chi connectivity index (χ4v) is 2.49. The Morgan fingerprint density at radius 1 is 1.44 bits per heavy atom. The highest BCUT2D eigenvalue weighted by molar-refractivity contribution is 5.05. The fraction of sp³-hybridized carbons (Fsp3) is 0.857. The normalized spacial score (nSPS) is 23.3. The molecule has 1 heterocycles. The molecule has 0 atom stereocenters. The molecule has 0 saturated heterocycles. The molecule has 0 unspecified atom stereocenters. The first-order chi connectivity index (χ1) is 7.55. The topological polar surface area (TPSA) is 15.3 Å². The third-order valence-corrected chi connectivity index (χ3v) is 3.51. The molecule has 2 nitrogen and oxygen atoms in total. The van der Waals surface area contributed by atoms with Gasteiger partial charge in [0.2, 0.25) is 0 Å². The van der Waals surface area contributed by atoms with Crippen molar-refractivity contribution in [3.63, 3.8) is 0 Å². The van der Waals surface area contributed by atoms with E-state index in [0.29, 0.717) is 5.41 Å². The summed E-state index contributed by atoms with van der Waals surface area (Å²) in [4.78, 5) is 2.60. The van der Waals surface area contributed by atoms with Crippen LogP contribution in [0.4, 0.5) is 0 Å². The van der Waals surface area contributed by atoms with Gasteiger partial charge in [0, 0.05) is 32.2 Å². The molecule has 0 aromatic heterocycles. The van der Waals surface area contributed by atoms with Gasteiger partial charge < -0.3 is 5.32 Å². The number of hydrogen-bond donors (Lipinski definition) is 1. The van der Waals surface area contributed by atoms with Crippen molar-refractivity contribution in [2.75, 3.05) is 26.2 Å². The second-order valence-corrected chi connectivity index (χ2v) is 6.37. The van der Waals surface area contributed by atoms with Crippen LogP contribution >= 0.6 is 0 Å². The van der Waals surface area contributed by atoms with Crippen LogP contribution in [0.1, 0.15) is 40.0 Å². The Balaban J connectivity index is 1.75. The lowest BCUT2D eigenvalue weighted by Crippen LogP contribution is -2.42. The van der Waals surface area contributed by atoms with Gasteiger partial charge in [0.25, 0.3) is 0 Å². The second-order valence-electron chi connectivity index (χ2n) is 6.37. The van der Waals surface area contributed by atoms with E-state index in [9.17, 15) is 0 Å². The molecule has 0 amide bonds. The molecule has 1 aliphatic carbocycles. The first-order valence-electron chi connectivity index (χ1n) is 6.66. The summed E-state index contributed by atoms with van der Waals surface area (Å²) >= 11 is 0. The van der Waals surface area contributed by atoms with Crippen molar-refractivity contribution >= 4 is 0 Å². The Morgan fingerprint density at radius 2 is 2.19 bits per heavy atom. The van der Waals surface area contributed by atoms with Gasteiger partial charge in [-0.2, -0.15) is 0 Å². The molecule has 0 spiro atoms. The van der Waals surface area contributed by atoms with Gasteiger partial charge in [0.15, 0.2) is 0 Å². The molecule has 2 aliphatic rings. The molecular formula is C14H26N2. The van der Waals surface area contributed by atoms with Gasteiger partial charge in [0.1, 0.15) is 0 Å². The van der Waals surface area contributed by atoms with Crippen molar-refractivity contribution in [3.8, 4) is 0 Å². The maximum Gasteiger partial charge on any atom is 0.0190 e. The Labute approximate surface area is 100 Å². The van der Waals surface area contributed by atoms with E-state index in [4.69, 9.17) is 0 Å². The molecule has 92 valence electrons. The average molecular weight is 222 g/mol. The summed E-state index contributed by atoms with van der Waals surface area (Å²) in [5.74, 6) is 0. The molecule has 1 fully saturated rings. The van der Waals surface area contributed by atoms with Crippen molar-refractivity contribution < 1.29 is 0 Å². The van der Waals surface area contributed by atoms with Gasteiger partial charge >= 0.3 is 0 Å². The van der Waals surface area contributed by atoms with E-state index in [2.05, 4.69) is 37.1 Å². The molecule has 0 radical (unpaired) electrons. The number of nitrogens with zero attached hydrogens (tertiary/aromatic N) is 1. The van der Waals surface area contributed by atoms with Gasteiger partial charge in [-0.05, 0) is 31.6 Å². The molecular weight excluding hydrogens is 196 g/mol. The molecule has 1 N–H and O–H groups in total. The smallest absolute Gasteiger partial charge is 0.0190 e. The minimum atomic E-state index is 0.403. The zero-order valence-corrected chi connectivity index (χ0v) is 11.1.